The number of hydrogen-bond donors (Lipinski definition) is 5. The van der Waals surface area contributed by atoms with Crippen molar-refractivity contribution in [3.63, 3.8) is 0 Å². The number of aliphatic hydroxyl groups excluding tert-OH is 4. The van der Waals surface area contributed by atoms with E-state index in [9.17, 15) is 30.0 Å². The van der Waals surface area contributed by atoms with Crippen LogP contribution in [0, 0.1) is 11.8 Å². The molecule has 12 heteroatoms. The first-order valence-electron chi connectivity index (χ1n) is 12.2. The van der Waals surface area contributed by atoms with Crippen LogP contribution in [0.2, 0.25) is 0 Å². The summed E-state index contributed by atoms with van der Waals surface area (Å²) in [6.45, 7) is 3.14. The summed E-state index contributed by atoms with van der Waals surface area (Å²) in [6.07, 6.45) is -5.18. The van der Waals surface area contributed by atoms with Crippen molar-refractivity contribution in [2.24, 2.45) is 11.8 Å². The number of rotatable bonds is 7. The fourth-order valence-electron chi connectivity index (χ4n) is 5.07. The number of esters is 1. The molecule has 0 bridgehead atoms. The summed E-state index contributed by atoms with van der Waals surface area (Å²) >= 11 is 0. The first-order valence-corrected chi connectivity index (χ1v) is 12.2. The van der Waals surface area contributed by atoms with Gasteiger partial charge in [0.2, 0.25) is 6.29 Å². The van der Waals surface area contributed by atoms with Gasteiger partial charge in [-0.3, -0.25) is 9.78 Å². The Morgan fingerprint density at radius 2 is 1.87 bits per heavy atom. The van der Waals surface area contributed by atoms with Gasteiger partial charge in [-0.2, -0.15) is 0 Å². The van der Waals surface area contributed by atoms with Gasteiger partial charge in [0.05, 0.1) is 42.9 Å². The van der Waals surface area contributed by atoms with Crippen molar-refractivity contribution in [2.45, 2.75) is 37.0 Å². The lowest BCUT2D eigenvalue weighted by molar-refractivity contribution is -0.338. The van der Waals surface area contributed by atoms with E-state index >= 15 is 0 Å². The van der Waals surface area contributed by atoms with Gasteiger partial charge >= 0.3 is 5.97 Å². The molecule has 2 aliphatic heterocycles. The third-order valence-electron chi connectivity index (χ3n) is 7.12. The molecule has 3 aromatic rings. The van der Waals surface area contributed by atoms with Gasteiger partial charge in [-0.15, -0.1) is 6.58 Å². The largest absolute Gasteiger partial charge is 0.471 e. The number of Topliss-reactive ketones (excluding diaryl/α,β-unsaturated/α-hetero) is 1. The third-order valence-corrected chi connectivity index (χ3v) is 7.12. The lowest BCUT2D eigenvalue weighted by atomic mass is 9.79. The van der Waals surface area contributed by atoms with Crippen LogP contribution < -0.4 is 0 Å². The average molecular weight is 541 g/mol. The predicted octanol–water partition coefficient (Wildman–Crippen LogP) is 0.547. The molecule has 5 N–H and O–H groups in total. The summed E-state index contributed by atoms with van der Waals surface area (Å²) in [5, 5.41) is 41.8. The fraction of sp³-hybridized carbons (Fsp3) is 0.370. The van der Waals surface area contributed by atoms with Gasteiger partial charge in [0.1, 0.15) is 30.1 Å². The molecule has 0 amide bonds. The summed E-state index contributed by atoms with van der Waals surface area (Å²) in [6, 6.07) is 9.30. The highest BCUT2D eigenvalue weighted by Gasteiger charge is 2.49. The van der Waals surface area contributed by atoms with Crippen molar-refractivity contribution in [3.05, 3.63) is 66.7 Å². The van der Waals surface area contributed by atoms with Gasteiger partial charge in [0.25, 0.3) is 0 Å². The number of H-pyrrole nitrogens is 1. The maximum atomic E-state index is 14.1. The third kappa shape index (κ3) is 4.61. The average Bonchev–Trinajstić information content (AvgIpc) is 3.35. The number of pyridine rings is 1. The highest BCUT2D eigenvalue weighted by atomic mass is 16.8. The fourth-order valence-corrected chi connectivity index (χ4v) is 5.07. The quantitative estimate of drug-likeness (QED) is 0.160. The Morgan fingerprint density at radius 1 is 1.10 bits per heavy atom. The molecular formula is C27H28N2O10. The Balaban J connectivity index is 1.53. The van der Waals surface area contributed by atoms with Crippen molar-refractivity contribution in [2.75, 3.05) is 13.7 Å². The Morgan fingerprint density at radius 3 is 2.59 bits per heavy atom. The number of ether oxygens (including phenoxy) is 4. The van der Waals surface area contributed by atoms with Crippen molar-refractivity contribution in [1.82, 2.24) is 9.97 Å². The van der Waals surface area contributed by atoms with Crippen LogP contribution in [0.5, 0.6) is 0 Å². The Labute approximate surface area is 222 Å². The highest BCUT2D eigenvalue weighted by molar-refractivity contribution is 6.16. The van der Waals surface area contributed by atoms with E-state index < -0.39 is 67.2 Å². The molecule has 39 heavy (non-hydrogen) atoms. The van der Waals surface area contributed by atoms with E-state index in [4.69, 9.17) is 18.9 Å². The number of fused-ring (bicyclic) bond motifs is 3. The summed E-state index contributed by atoms with van der Waals surface area (Å²) < 4.78 is 21.7. The van der Waals surface area contributed by atoms with Crippen molar-refractivity contribution < 1.29 is 49.0 Å². The number of carbonyl (C=O) groups is 2. The SMILES string of the molecule is C=C[C@H]1[C@@H](O[C@@H]2O[C@H](CO)[C@@H](O)[C@H](O)[C@H]2O)OC=C(C(=O)OC)[C@H]1C(=O)c1nccc2c1[nH]c1ccccc12. The number of hydrogen-bond acceptors (Lipinski definition) is 11. The predicted molar refractivity (Wildman–Crippen MR) is 135 cm³/mol. The molecule has 0 radical (unpaired) electrons. The molecule has 1 fully saturated rings. The molecule has 0 unspecified atom stereocenters. The minimum atomic E-state index is -1.71. The van der Waals surface area contributed by atoms with Gasteiger partial charge in [-0.05, 0) is 12.1 Å². The molecule has 12 nitrogen and oxygen atoms in total. The van der Waals surface area contributed by atoms with Crippen molar-refractivity contribution in [3.8, 4) is 0 Å². The molecule has 0 aliphatic carbocycles. The smallest absolute Gasteiger partial charge is 0.337 e. The number of methoxy groups -OCH3 is 1. The lowest BCUT2D eigenvalue weighted by Crippen LogP contribution is -2.60. The number of nitrogens with one attached hydrogen (secondary N) is 1. The summed E-state index contributed by atoms with van der Waals surface area (Å²) in [7, 11) is 1.17. The number of nitrogens with zero attached hydrogens (tertiary/aromatic N) is 1. The van der Waals surface area contributed by atoms with Crippen molar-refractivity contribution in [1.29, 1.82) is 0 Å². The molecule has 0 saturated carbocycles. The number of aromatic nitrogens is 2. The zero-order chi connectivity index (χ0) is 27.8. The molecule has 1 saturated heterocycles. The number of ketones is 1. The van der Waals surface area contributed by atoms with Gasteiger partial charge in [-0.1, -0.05) is 24.3 Å². The molecular weight excluding hydrogens is 512 g/mol. The second-order valence-corrected chi connectivity index (χ2v) is 9.31. The molecule has 2 aliphatic rings. The van der Waals surface area contributed by atoms with E-state index in [-0.39, 0.29) is 11.3 Å². The Hall–Kier alpha value is -3.65. The van der Waals surface area contributed by atoms with E-state index in [0.29, 0.717) is 5.52 Å². The highest BCUT2D eigenvalue weighted by Crippen LogP contribution is 2.38. The van der Waals surface area contributed by atoms with Crippen LogP contribution in [0.15, 0.2) is 61.0 Å². The number of para-hydroxylation sites is 1. The van der Waals surface area contributed by atoms with Gasteiger partial charge in [0, 0.05) is 22.5 Å². The summed E-state index contributed by atoms with van der Waals surface area (Å²) in [5.74, 6) is -3.58. The minimum Gasteiger partial charge on any atom is -0.471 e. The van der Waals surface area contributed by atoms with E-state index in [2.05, 4.69) is 16.5 Å². The molecule has 206 valence electrons. The first kappa shape index (κ1) is 26.9. The number of carbonyl (C=O) groups excluding carboxylic acids is 2. The van der Waals surface area contributed by atoms with Crippen LogP contribution in [0.1, 0.15) is 10.5 Å². The van der Waals surface area contributed by atoms with Crippen LogP contribution in [-0.2, 0) is 23.7 Å². The van der Waals surface area contributed by atoms with Crippen LogP contribution in [-0.4, -0.2) is 92.9 Å². The minimum absolute atomic E-state index is 0.0730. The molecule has 5 rings (SSSR count). The lowest BCUT2D eigenvalue weighted by Gasteiger charge is -2.42. The van der Waals surface area contributed by atoms with Gasteiger partial charge in [0.15, 0.2) is 12.1 Å². The number of aromatic amines is 1. The summed E-state index contributed by atoms with van der Waals surface area (Å²) in [5.41, 5.74) is 1.25. The second kappa shape index (κ2) is 10.8. The topological polar surface area (TPSA) is 181 Å². The summed E-state index contributed by atoms with van der Waals surface area (Å²) in [4.78, 5) is 34.4. The number of benzene rings is 1. The standard InChI is InChI=1S/C27H28N2O10/c1-3-12-18(22(32)20-19-14(8-9-28-20)13-6-4-5-7-16(13)29-19)15(25(35)36-2)11-37-26(12)39-27-24(34)23(33)21(31)17(10-30)38-27/h3-9,11-12,17-18,21,23-24,26-27,29-31,33-34H,1,10H2,2H3/t12-,17-,18+,21-,23+,24-,26-,27+/m1/s1. The monoisotopic (exact) mass is 540 g/mol. The maximum Gasteiger partial charge on any atom is 0.337 e. The van der Waals surface area contributed by atoms with Gasteiger partial charge in [-0.25, -0.2) is 4.79 Å². The first-order chi connectivity index (χ1) is 18.8. The molecule has 0 spiro atoms. The Kier molecular flexibility index (Phi) is 7.49. The van der Waals surface area contributed by atoms with Crippen LogP contribution >= 0.6 is 0 Å². The van der Waals surface area contributed by atoms with Crippen molar-refractivity contribution >= 4 is 33.6 Å². The number of aliphatic hydroxyl groups is 4. The van der Waals surface area contributed by atoms with E-state index in [1.807, 2.05) is 24.3 Å². The van der Waals surface area contributed by atoms with Crippen LogP contribution in [0.4, 0.5) is 0 Å². The molecule has 8 atom stereocenters. The Bertz CT molecular complexity index is 1430. The van der Waals surface area contributed by atoms with E-state index in [0.717, 1.165) is 22.6 Å². The zero-order valence-corrected chi connectivity index (χ0v) is 20.8. The van der Waals surface area contributed by atoms with E-state index in [1.54, 1.807) is 6.07 Å². The zero-order valence-electron chi connectivity index (χ0n) is 20.8. The maximum absolute atomic E-state index is 14.1. The molecule has 1 aromatic carbocycles. The van der Waals surface area contributed by atoms with Crippen LogP contribution in [0.25, 0.3) is 21.8 Å². The van der Waals surface area contributed by atoms with E-state index in [1.165, 1.54) is 19.4 Å². The molecule has 2 aromatic heterocycles. The normalized spacial score (nSPS) is 30.9. The second-order valence-electron chi connectivity index (χ2n) is 9.31. The molecule has 4 heterocycles. The van der Waals surface area contributed by atoms with Gasteiger partial charge < -0.3 is 44.4 Å². The van der Waals surface area contributed by atoms with Crippen LogP contribution in [0.3, 0.4) is 0 Å².